The quantitative estimate of drug-likeness (QED) is 0.646. The monoisotopic (exact) mass is 496 g/mol. The van der Waals surface area contributed by atoms with Gasteiger partial charge in [-0.15, -0.1) is 0 Å². The van der Waals surface area contributed by atoms with Crippen LogP contribution in [0.15, 0.2) is 53.0 Å². The Bertz CT molecular complexity index is 1080. The minimum Gasteiger partial charge on any atom is -0.427 e. The second kappa shape index (κ2) is 8.03. The molecule has 0 aromatic heterocycles. The molecule has 5 rings (SSSR count). The fraction of sp³-hybridized carbons (Fsp3) is 0.400. The lowest BCUT2D eigenvalue weighted by molar-refractivity contribution is -0.143. The van der Waals surface area contributed by atoms with Crippen molar-refractivity contribution in [3.8, 4) is 0 Å². The van der Waals surface area contributed by atoms with Crippen molar-refractivity contribution in [2.45, 2.75) is 50.8 Å². The lowest BCUT2D eigenvalue weighted by Gasteiger charge is -2.29. The topological polar surface area (TPSA) is 75.7 Å². The number of imide groups is 1. The van der Waals surface area contributed by atoms with Crippen LogP contribution in [0, 0.1) is 11.8 Å². The van der Waals surface area contributed by atoms with Crippen LogP contribution in [0.25, 0.3) is 0 Å². The second-order valence-corrected chi connectivity index (χ2v) is 9.93. The standard InChI is InChI=1S/C25H25BrN2O4/c1-15(17-7-8-17)21(22(29)27-14-16-5-3-2-4-6-16)28-23(30)25(32-24(28)31)12-11-18-13-19(26)9-10-20(18)25/h2-6,9-10,13,15,17,21H,7-8,11-12,14H2,1H3,(H,27,29)/t15-,21?,25+/m0/s1. The first-order valence-electron chi connectivity index (χ1n) is 11.1. The Morgan fingerprint density at radius 1 is 1.22 bits per heavy atom. The third-order valence-corrected chi connectivity index (χ3v) is 7.48. The molecule has 1 spiro atoms. The van der Waals surface area contributed by atoms with Crippen LogP contribution in [0.2, 0.25) is 0 Å². The van der Waals surface area contributed by atoms with Crippen LogP contribution in [0.4, 0.5) is 4.79 Å². The molecule has 2 fully saturated rings. The third kappa shape index (κ3) is 3.52. The SMILES string of the molecule is C[C@@H](C1CC1)C(C(=O)NCc1ccccc1)N1C(=O)O[C@@]2(CCc3cc(Br)ccc32)C1=O. The van der Waals surface area contributed by atoms with E-state index in [4.69, 9.17) is 4.74 Å². The van der Waals surface area contributed by atoms with Gasteiger partial charge >= 0.3 is 6.09 Å². The predicted molar refractivity (Wildman–Crippen MR) is 121 cm³/mol. The van der Waals surface area contributed by atoms with Gasteiger partial charge in [-0.25, -0.2) is 9.69 Å². The van der Waals surface area contributed by atoms with E-state index in [2.05, 4.69) is 21.2 Å². The molecule has 1 heterocycles. The summed E-state index contributed by atoms with van der Waals surface area (Å²) in [6, 6.07) is 14.4. The maximum atomic E-state index is 13.7. The minimum atomic E-state index is -1.33. The van der Waals surface area contributed by atoms with Crippen LogP contribution in [0.5, 0.6) is 0 Å². The lowest BCUT2D eigenvalue weighted by atomic mass is 9.91. The molecule has 1 saturated heterocycles. The number of benzene rings is 2. The predicted octanol–water partition coefficient (Wildman–Crippen LogP) is 4.30. The summed E-state index contributed by atoms with van der Waals surface area (Å²) in [7, 11) is 0. The molecule has 2 aromatic carbocycles. The van der Waals surface area contributed by atoms with Crippen LogP contribution in [-0.2, 0) is 32.9 Å². The average molecular weight is 497 g/mol. The smallest absolute Gasteiger partial charge is 0.418 e. The fourth-order valence-corrected chi connectivity index (χ4v) is 5.46. The van der Waals surface area contributed by atoms with E-state index in [1.165, 1.54) is 0 Å². The van der Waals surface area contributed by atoms with Crippen molar-refractivity contribution >= 4 is 33.8 Å². The van der Waals surface area contributed by atoms with E-state index in [0.29, 0.717) is 25.3 Å². The number of rotatable bonds is 6. The van der Waals surface area contributed by atoms with Gasteiger partial charge in [-0.3, -0.25) is 9.59 Å². The zero-order chi connectivity index (χ0) is 22.5. The number of fused-ring (bicyclic) bond motifs is 2. The van der Waals surface area contributed by atoms with Crippen molar-refractivity contribution in [3.63, 3.8) is 0 Å². The van der Waals surface area contributed by atoms with Crippen molar-refractivity contribution in [1.82, 2.24) is 10.2 Å². The number of hydrogen-bond donors (Lipinski definition) is 1. The molecular weight excluding hydrogens is 472 g/mol. The summed E-state index contributed by atoms with van der Waals surface area (Å²) in [5.74, 6) is -0.546. The van der Waals surface area contributed by atoms with Gasteiger partial charge in [0.05, 0.1) is 0 Å². The van der Waals surface area contributed by atoms with E-state index in [0.717, 1.165) is 38.9 Å². The average Bonchev–Trinajstić information content (AvgIpc) is 3.54. The van der Waals surface area contributed by atoms with E-state index < -0.39 is 23.6 Å². The minimum absolute atomic E-state index is 0.136. The molecule has 6 nitrogen and oxygen atoms in total. The van der Waals surface area contributed by atoms with Gasteiger partial charge in [0.2, 0.25) is 11.5 Å². The van der Waals surface area contributed by atoms with Crippen LogP contribution in [0.3, 0.4) is 0 Å². The van der Waals surface area contributed by atoms with E-state index in [-0.39, 0.29) is 11.8 Å². The van der Waals surface area contributed by atoms with E-state index in [1.807, 2.05) is 55.5 Å². The van der Waals surface area contributed by atoms with Crippen LogP contribution >= 0.6 is 15.9 Å². The van der Waals surface area contributed by atoms with E-state index in [1.54, 1.807) is 0 Å². The van der Waals surface area contributed by atoms with E-state index in [9.17, 15) is 14.4 Å². The van der Waals surface area contributed by atoms with Gasteiger partial charge in [-0.2, -0.15) is 0 Å². The number of nitrogens with one attached hydrogen (secondary N) is 1. The van der Waals surface area contributed by atoms with E-state index >= 15 is 0 Å². The van der Waals surface area contributed by atoms with Crippen molar-refractivity contribution in [2.24, 2.45) is 11.8 Å². The van der Waals surface area contributed by atoms with Crippen molar-refractivity contribution < 1.29 is 19.1 Å². The highest BCUT2D eigenvalue weighted by Crippen LogP contribution is 2.48. The Morgan fingerprint density at radius 3 is 2.69 bits per heavy atom. The van der Waals surface area contributed by atoms with Crippen molar-refractivity contribution in [2.75, 3.05) is 0 Å². The van der Waals surface area contributed by atoms with Gasteiger partial charge in [0.1, 0.15) is 6.04 Å². The molecule has 32 heavy (non-hydrogen) atoms. The first-order chi connectivity index (χ1) is 15.4. The number of ether oxygens (including phenoxy) is 1. The van der Waals surface area contributed by atoms with Gasteiger partial charge in [-0.1, -0.05) is 59.3 Å². The molecule has 0 radical (unpaired) electrons. The van der Waals surface area contributed by atoms with Crippen LogP contribution < -0.4 is 5.32 Å². The summed E-state index contributed by atoms with van der Waals surface area (Å²) in [6.45, 7) is 2.29. The molecule has 1 saturated carbocycles. The summed E-state index contributed by atoms with van der Waals surface area (Å²) in [6.07, 6.45) is 2.32. The Balaban J connectivity index is 1.44. The largest absolute Gasteiger partial charge is 0.427 e. The lowest BCUT2D eigenvalue weighted by Crippen LogP contribution is -2.54. The summed E-state index contributed by atoms with van der Waals surface area (Å²) in [5, 5.41) is 2.94. The summed E-state index contributed by atoms with van der Waals surface area (Å²) in [4.78, 5) is 41.3. The number of amides is 3. The molecule has 3 aliphatic rings. The molecule has 166 valence electrons. The molecule has 1 aliphatic heterocycles. The molecule has 3 atom stereocenters. The highest BCUT2D eigenvalue weighted by atomic mass is 79.9. The summed E-state index contributed by atoms with van der Waals surface area (Å²) < 4.78 is 6.71. The Hall–Kier alpha value is -2.67. The van der Waals surface area contributed by atoms with Gasteiger partial charge in [0.25, 0.3) is 5.91 Å². The number of nitrogens with zero attached hydrogens (tertiary/aromatic N) is 1. The molecule has 1 N–H and O–H groups in total. The zero-order valence-corrected chi connectivity index (χ0v) is 19.4. The number of aryl methyl sites for hydroxylation is 1. The number of carbonyl (C=O) groups is 3. The highest BCUT2D eigenvalue weighted by Gasteiger charge is 2.61. The molecule has 1 unspecified atom stereocenters. The first kappa shape index (κ1) is 21.2. The summed E-state index contributed by atoms with van der Waals surface area (Å²) >= 11 is 3.47. The highest BCUT2D eigenvalue weighted by molar-refractivity contribution is 9.10. The summed E-state index contributed by atoms with van der Waals surface area (Å²) in [5.41, 5.74) is 1.35. The molecular formula is C25H25BrN2O4. The fourth-order valence-electron chi connectivity index (χ4n) is 5.06. The zero-order valence-electron chi connectivity index (χ0n) is 17.8. The first-order valence-corrected chi connectivity index (χ1v) is 11.9. The Morgan fingerprint density at radius 2 is 1.97 bits per heavy atom. The van der Waals surface area contributed by atoms with Crippen LogP contribution in [0.1, 0.15) is 42.9 Å². The molecule has 2 aromatic rings. The normalized spacial score (nSPS) is 23.8. The Kier molecular flexibility index (Phi) is 5.32. The van der Waals surface area contributed by atoms with Crippen LogP contribution in [-0.4, -0.2) is 28.8 Å². The van der Waals surface area contributed by atoms with Gasteiger partial charge in [0, 0.05) is 23.0 Å². The maximum absolute atomic E-state index is 13.7. The van der Waals surface area contributed by atoms with Gasteiger partial charge < -0.3 is 10.1 Å². The van der Waals surface area contributed by atoms with Crippen molar-refractivity contribution in [1.29, 1.82) is 0 Å². The number of hydrogen-bond acceptors (Lipinski definition) is 4. The Labute approximate surface area is 195 Å². The molecule has 2 aliphatic carbocycles. The molecule has 0 bridgehead atoms. The van der Waals surface area contributed by atoms with Gasteiger partial charge in [-0.05, 0) is 54.4 Å². The third-order valence-electron chi connectivity index (χ3n) is 6.99. The molecule has 7 heteroatoms. The number of carbonyl (C=O) groups excluding carboxylic acids is 3. The second-order valence-electron chi connectivity index (χ2n) is 9.02. The number of halogens is 1. The van der Waals surface area contributed by atoms with Gasteiger partial charge in [0.15, 0.2) is 0 Å². The maximum Gasteiger partial charge on any atom is 0.418 e. The molecule has 3 amide bonds. The van der Waals surface area contributed by atoms with Crippen molar-refractivity contribution in [3.05, 3.63) is 69.7 Å².